The van der Waals surface area contributed by atoms with Crippen molar-refractivity contribution in [3.63, 3.8) is 0 Å². The van der Waals surface area contributed by atoms with Crippen LogP contribution in [0.1, 0.15) is 11.1 Å². The number of carbonyl (C=O) groups is 1. The Hall–Kier alpha value is -1.31. The van der Waals surface area contributed by atoms with E-state index in [1.54, 1.807) is 36.4 Å². The van der Waals surface area contributed by atoms with E-state index in [4.69, 9.17) is 17.0 Å². The van der Waals surface area contributed by atoms with E-state index in [9.17, 15) is 4.79 Å². The van der Waals surface area contributed by atoms with Gasteiger partial charge in [-0.05, 0) is 29.8 Å². The molecule has 0 aliphatic heterocycles. The van der Waals surface area contributed by atoms with Gasteiger partial charge < -0.3 is 5.32 Å². The molecule has 0 bridgehead atoms. The van der Waals surface area contributed by atoms with E-state index in [2.05, 4.69) is 17.9 Å². The van der Waals surface area contributed by atoms with Gasteiger partial charge in [0.1, 0.15) is 0 Å². The van der Waals surface area contributed by atoms with E-state index >= 15 is 0 Å². The predicted molar refractivity (Wildman–Crippen MR) is 107 cm³/mol. The van der Waals surface area contributed by atoms with Crippen LogP contribution >= 0.6 is 48.2 Å². The van der Waals surface area contributed by atoms with Crippen molar-refractivity contribution in [2.75, 3.05) is 5.32 Å². The zero-order valence-corrected chi connectivity index (χ0v) is 15.4. The monoisotopic (exact) mass is 444 g/mol. The summed E-state index contributed by atoms with van der Waals surface area (Å²) in [5.41, 5.74) is 2.14. The van der Waals surface area contributed by atoms with Crippen molar-refractivity contribution in [2.24, 2.45) is 0 Å². The van der Waals surface area contributed by atoms with Crippen molar-refractivity contribution in [1.82, 2.24) is 0 Å². The molecule has 2 rings (SSSR count). The fourth-order valence-corrected chi connectivity index (χ4v) is 2.02. The molecular formula is C16H14ClIN2OS. The number of halogens is 2. The summed E-state index contributed by atoms with van der Waals surface area (Å²) in [7, 11) is 0. The average molecular weight is 445 g/mol. The highest BCUT2D eigenvalue weighted by molar-refractivity contribution is 14.0. The van der Waals surface area contributed by atoms with Gasteiger partial charge in [0.25, 0.3) is 0 Å². The number of anilines is 1. The third kappa shape index (κ3) is 5.47. The molecule has 0 aliphatic carbocycles. The number of hydrogen-bond acceptors (Lipinski definition) is 2. The van der Waals surface area contributed by atoms with Crippen molar-refractivity contribution < 1.29 is 4.79 Å². The third-order valence-electron chi connectivity index (χ3n) is 2.75. The molecule has 0 radical (unpaired) electrons. The van der Waals surface area contributed by atoms with Gasteiger partial charge in [-0.3, -0.25) is 10.2 Å². The van der Waals surface area contributed by atoms with Crippen LogP contribution in [0.15, 0.2) is 54.6 Å². The van der Waals surface area contributed by atoms with Crippen LogP contribution in [0.5, 0.6) is 0 Å². The molecule has 0 saturated heterocycles. The molecule has 0 aliphatic rings. The van der Waals surface area contributed by atoms with Crippen LogP contribution in [0.4, 0.5) is 5.69 Å². The topological polar surface area (TPSA) is 53.0 Å². The zero-order valence-electron chi connectivity index (χ0n) is 11.4. The molecule has 0 heterocycles. The third-order valence-corrected chi connectivity index (χ3v) is 3.35. The van der Waals surface area contributed by atoms with Gasteiger partial charge in [-0.25, -0.2) is 0 Å². The first-order valence-corrected chi connectivity index (χ1v) is 7.00. The maximum Gasteiger partial charge on any atom is 0.248 e. The van der Waals surface area contributed by atoms with Crippen LogP contribution in [0, 0.1) is 5.41 Å². The van der Waals surface area contributed by atoms with Crippen molar-refractivity contribution in [3.8, 4) is 0 Å². The lowest BCUT2D eigenvalue weighted by Crippen LogP contribution is -2.07. The second-order valence-electron chi connectivity index (χ2n) is 4.27. The Labute approximate surface area is 156 Å². The lowest BCUT2D eigenvalue weighted by Gasteiger charge is -2.03. The van der Waals surface area contributed by atoms with Crippen LogP contribution in [0.2, 0.25) is 5.02 Å². The quantitative estimate of drug-likeness (QED) is 0.204. The summed E-state index contributed by atoms with van der Waals surface area (Å²) in [6, 6.07) is 14.2. The molecule has 0 unspecified atom stereocenters. The van der Waals surface area contributed by atoms with Crippen LogP contribution < -0.4 is 5.32 Å². The van der Waals surface area contributed by atoms with Gasteiger partial charge in [0.15, 0.2) is 0 Å². The van der Waals surface area contributed by atoms with E-state index in [1.165, 1.54) is 6.08 Å². The second kappa shape index (κ2) is 8.97. The van der Waals surface area contributed by atoms with Crippen molar-refractivity contribution in [1.29, 1.82) is 5.41 Å². The first-order valence-electron chi connectivity index (χ1n) is 6.18. The Kier molecular flexibility index (Phi) is 7.64. The summed E-state index contributed by atoms with van der Waals surface area (Å²) >= 11 is 9.95. The second-order valence-corrected chi connectivity index (χ2v) is 5.12. The van der Waals surface area contributed by atoms with E-state index < -0.39 is 0 Å². The summed E-state index contributed by atoms with van der Waals surface area (Å²) < 4.78 is 0. The normalized spacial score (nSPS) is 10.1. The number of carbonyl (C=O) groups excluding carboxylic acids is 1. The first-order chi connectivity index (χ1) is 10.1. The number of thiol groups is 1. The Bertz CT molecular complexity index is 702. The standard InChI is InChI=1S/C16H13ClN2OS.HI/c17-14-4-2-1-3-11(14)7-10-15(20)19-13-8-5-12(6-9-13)16(18)21;/h1-10H,(H2,18,21)(H,19,20);1H/b10-7+;. The molecule has 0 spiro atoms. The van der Waals surface area contributed by atoms with Crippen molar-refractivity contribution in [3.05, 3.63) is 70.8 Å². The molecule has 2 N–H and O–H groups in total. The lowest BCUT2D eigenvalue weighted by molar-refractivity contribution is -0.111. The Morgan fingerprint density at radius 3 is 2.36 bits per heavy atom. The number of amides is 1. The molecule has 0 atom stereocenters. The molecule has 1 amide bonds. The molecule has 6 heteroatoms. The number of rotatable bonds is 4. The van der Waals surface area contributed by atoms with Crippen LogP contribution in [-0.4, -0.2) is 11.0 Å². The van der Waals surface area contributed by atoms with Crippen LogP contribution in [0.25, 0.3) is 6.08 Å². The van der Waals surface area contributed by atoms with Gasteiger partial charge in [-0.1, -0.05) is 41.9 Å². The van der Waals surface area contributed by atoms with Gasteiger partial charge in [0, 0.05) is 22.3 Å². The summed E-state index contributed by atoms with van der Waals surface area (Å²) in [5.74, 6) is -0.247. The van der Waals surface area contributed by atoms with E-state index in [0.717, 1.165) is 5.56 Å². The molecule has 2 aromatic carbocycles. The highest BCUT2D eigenvalue weighted by atomic mass is 127. The number of nitrogens with one attached hydrogen (secondary N) is 2. The maximum absolute atomic E-state index is 11.8. The van der Waals surface area contributed by atoms with Crippen LogP contribution in [0.3, 0.4) is 0 Å². The van der Waals surface area contributed by atoms with Crippen molar-refractivity contribution >= 4 is 70.9 Å². The van der Waals surface area contributed by atoms with E-state index in [0.29, 0.717) is 16.3 Å². The predicted octanol–water partition coefficient (Wildman–Crippen LogP) is 4.87. The fourth-order valence-electron chi connectivity index (χ4n) is 1.67. The zero-order chi connectivity index (χ0) is 15.2. The SMILES string of the molecule is I.N=C(S)c1ccc(NC(=O)/C=C/c2ccccc2Cl)cc1. The number of benzene rings is 2. The molecule has 3 nitrogen and oxygen atoms in total. The minimum absolute atomic E-state index is 0. The van der Waals surface area contributed by atoms with Crippen LogP contribution in [-0.2, 0) is 4.79 Å². The molecule has 0 fully saturated rings. The van der Waals surface area contributed by atoms with Gasteiger partial charge >= 0.3 is 0 Å². The molecular weight excluding hydrogens is 431 g/mol. The summed E-state index contributed by atoms with van der Waals surface area (Å²) in [5, 5.41) is 10.9. The summed E-state index contributed by atoms with van der Waals surface area (Å²) in [4.78, 5) is 11.8. The first kappa shape index (κ1) is 18.7. The lowest BCUT2D eigenvalue weighted by atomic mass is 10.2. The molecule has 114 valence electrons. The van der Waals surface area contributed by atoms with Gasteiger partial charge in [0.2, 0.25) is 5.91 Å². The molecule has 0 aromatic heterocycles. The molecule has 0 saturated carbocycles. The number of hydrogen-bond donors (Lipinski definition) is 3. The largest absolute Gasteiger partial charge is 0.323 e. The highest BCUT2D eigenvalue weighted by Gasteiger charge is 2.00. The summed E-state index contributed by atoms with van der Waals surface area (Å²) in [6.45, 7) is 0. The smallest absolute Gasteiger partial charge is 0.248 e. The Morgan fingerprint density at radius 1 is 1.14 bits per heavy atom. The minimum Gasteiger partial charge on any atom is -0.323 e. The molecule has 2 aromatic rings. The van der Waals surface area contributed by atoms with E-state index in [1.807, 2.05) is 18.2 Å². The van der Waals surface area contributed by atoms with Gasteiger partial charge in [-0.2, -0.15) is 0 Å². The maximum atomic E-state index is 11.8. The minimum atomic E-state index is -0.247. The Morgan fingerprint density at radius 2 is 1.77 bits per heavy atom. The van der Waals surface area contributed by atoms with Gasteiger partial charge in [-0.15, -0.1) is 36.6 Å². The fraction of sp³-hybridized carbons (Fsp3) is 0. The highest BCUT2D eigenvalue weighted by Crippen LogP contribution is 2.16. The van der Waals surface area contributed by atoms with Crippen molar-refractivity contribution in [2.45, 2.75) is 0 Å². The Balaban J connectivity index is 0.00000242. The summed E-state index contributed by atoms with van der Waals surface area (Å²) in [6.07, 6.45) is 3.09. The average Bonchev–Trinajstić information content (AvgIpc) is 2.47. The van der Waals surface area contributed by atoms with Gasteiger partial charge in [0.05, 0.1) is 5.04 Å². The van der Waals surface area contributed by atoms with E-state index in [-0.39, 0.29) is 34.9 Å². The molecule has 22 heavy (non-hydrogen) atoms.